The van der Waals surface area contributed by atoms with Gasteiger partial charge in [0.1, 0.15) is 5.78 Å². The number of Topliss-reactive ketones (excluding diaryl/α,β-unsaturated/α-hetero) is 1. The summed E-state index contributed by atoms with van der Waals surface area (Å²) in [5, 5.41) is 34.0. The summed E-state index contributed by atoms with van der Waals surface area (Å²) in [5.74, 6) is 0.255. The van der Waals surface area contributed by atoms with Crippen LogP contribution in [0, 0.1) is 5.41 Å². The third kappa shape index (κ3) is 6.97. The predicted molar refractivity (Wildman–Crippen MR) is 51.7 cm³/mol. The Hall–Kier alpha value is -0.490. The summed E-state index contributed by atoms with van der Waals surface area (Å²) in [5.41, 5.74) is -1.11. The molecule has 0 unspecified atom stereocenters. The normalized spacial score (nSPS) is 10.4. The van der Waals surface area contributed by atoms with E-state index in [1.165, 1.54) is 0 Å². The first-order valence-corrected chi connectivity index (χ1v) is 4.44. The Morgan fingerprint density at radius 3 is 1.21 bits per heavy atom. The van der Waals surface area contributed by atoms with E-state index in [4.69, 9.17) is 20.4 Å². The molecule has 0 aliphatic carbocycles. The Morgan fingerprint density at radius 2 is 1.21 bits per heavy atom. The molecule has 0 aromatic rings. The van der Waals surface area contributed by atoms with Gasteiger partial charge in [-0.1, -0.05) is 6.92 Å². The van der Waals surface area contributed by atoms with Crippen molar-refractivity contribution in [1.29, 1.82) is 0 Å². The quantitative estimate of drug-likeness (QED) is 0.461. The predicted octanol–water partition coefficient (Wildman–Crippen LogP) is -1.07. The van der Waals surface area contributed by atoms with E-state index in [2.05, 4.69) is 0 Å². The summed E-state index contributed by atoms with van der Waals surface area (Å²) in [6.07, 6.45) is 0.667. The van der Waals surface area contributed by atoms with Gasteiger partial charge in [-0.2, -0.15) is 0 Å². The van der Waals surface area contributed by atoms with Crippen LogP contribution in [-0.2, 0) is 4.79 Å². The molecule has 0 fully saturated rings. The second-order valence-corrected chi connectivity index (χ2v) is 3.19. The first-order valence-electron chi connectivity index (χ1n) is 4.44. The van der Waals surface area contributed by atoms with Crippen LogP contribution < -0.4 is 0 Å². The average Bonchev–Trinajstić information content (AvgIpc) is 2.23. The molecule has 0 aromatic carbocycles. The van der Waals surface area contributed by atoms with Gasteiger partial charge in [-0.25, -0.2) is 0 Å². The molecular weight excluding hydrogens is 188 g/mol. The van der Waals surface area contributed by atoms with Crippen LogP contribution in [0.4, 0.5) is 0 Å². The van der Waals surface area contributed by atoms with Gasteiger partial charge < -0.3 is 25.2 Å². The lowest BCUT2D eigenvalue weighted by Gasteiger charge is -2.23. The van der Waals surface area contributed by atoms with E-state index >= 15 is 0 Å². The third-order valence-corrected chi connectivity index (χ3v) is 1.84. The fourth-order valence-electron chi connectivity index (χ4n) is 0.300. The van der Waals surface area contributed by atoms with Crippen LogP contribution in [0.3, 0.4) is 0 Å². The van der Waals surface area contributed by atoms with E-state index in [9.17, 15) is 4.79 Å². The molecule has 0 atom stereocenters. The first-order chi connectivity index (χ1) is 6.51. The minimum Gasteiger partial charge on any atom is -0.396 e. The fourth-order valence-corrected chi connectivity index (χ4v) is 0.300. The molecule has 14 heavy (non-hydrogen) atoms. The Balaban J connectivity index is 0. The number of aliphatic hydroxyl groups excluding tert-OH is 4. The highest BCUT2D eigenvalue weighted by atomic mass is 16.3. The maximum atomic E-state index is 9.81. The molecule has 0 rings (SSSR count). The molecule has 4 N–H and O–H groups in total. The highest BCUT2D eigenvalue weighted by Gasteiger charge is 2.26. The van der Waals surface area contributed by atoms with Gasteiger partial charge >= 0.3 is 0 Å². The van der Waals surface area contributed by atoms with Crippen LogP contribution in [0.1, 0.15) is 20.3 Å². The first kappa shape index (κ1) is 16.0. The van der Waals surface area contributed by atoms with Crippen molar-refractivity contribution in [3.63, 3.8) is 0 Å². The number of ketones is 1. The van der Waals surface area contributed by atoms with E-state index < -0.39 is 31.8 Å². The summed E-state index contributed by atoms with van der Waals surface area (Å²) in [4.78, 5) is 9.81. The van der Waals surface area contributed by atoms with Crippen molar-refractivity contribution >= 4 is 5.78 Å². The molecular formula is C9H20O5. The molecule has 5 nitrogen and oxygen atoms in total. The molecule has 0 aliphatic rings. The van der Waals surface area contributed by atoms with Gasteiger partial charge in [0.25, 0.3) is 0 Å². The number of carbonyl (C=O) groups is 1. The Morgan fingerprint density at radius 1 is 1.00 bits per heavy atom. The number of hydrogen-bond donors (Lipinski definition) is 4. The molecule has 5 heteroatoms. The Bertz CT molecular complexity index is 125. The van der Waals surface area contributed by atoms with Gasteiger partial charge in [-0.3, -0.25) is 0 Å². The van der Waals surface area contributed by atoms with E-state index in [1.54, 1.807) is 6.92 Å². The number of carbonyl (C=O) groups excluding carboxylic acids is 1. The van der Waals surface area contributed by atoms with Crippen molar-refractivity contribution in [2.24, 2.45) is 5.41 Å². The van der Waals surface area contributed by atoms with Crippen molar-refractivity contribution in [3.05, 3.63) is 0 Å². The summed E-state index contributed by atoms with van der Waals surface area (Å²) in [7, 11) is 0. The summed E-state index contributed by atoms with van der Waals surface area (Å²) < 4.78 is 0. The van der Waals surface area contributed by atoms with Crippen LogP contribution in [-0.4, -0.2) is 52.6 Å². The molecule has 0 radical (unpaired) electrons. The minimum absolute atomic E-state index is 0.255. The zero-order valence-electron chi connectivity index (χ0n) is 8.73. The largest absolute Gasteiger partial charge is 0.396 e. The lowest BCUT2D eigenvalue weighted by Crippen LogP contribution is -2.37. The van der Waals surface area contributed by atoms with Crippen LogP contribution in [0.15, 0.2) is 0 Å². The highest BCUT2D eigenvalue weighted by Crippen LogP contribution is 2.11. The van der Waals surface area contributed by atoms with E-state index in [0.29, 0.717) is 6.42 Å². The monoisotopic (exact) mass is 208 g/mol. The van der Waals surface area contributed by atoms with Gasteiger partial charge in [0.15, 0.2) is 0 Å². The number of aliphatic hydroxyl groups is 4. The van der Waals surface area contributed by atoms with Crippen molar-refractivity contribution in [3.8, 4) is 0 Å². The second kappa shape index (κ2) is 9.08. The van der Waals surface area contributed by atoms with Crippen LogP contribution >= 0.6 is 0 Å². The maximum absolute atomic E-state index is 9.81. The van der Waals surface area contributed by atoms with Gasteiger partial charge in [-0.05, 0) is 6.92 Å². The number of rotatable bonds is 5. The van der Waals surface area contributed by atoms with Crippen molar-refractivity contribution in [2.45, 2.75) is 20.3 Å². The topological polar surface area (TPSA) is 98.0 Å². The van der Waals surface area contributed by atoms with Crippen LogP contribution in [0.5, 0.6) is 0 Å². The van der Waals surface area contributed by atoms with E-state index in [-0.39, 0.29) is 5.78 Å². The van der Waals surface area contributed by atoms with Gasteiger partial charge in [0.05, 0.1) is 31.8 Å². The van der Waals surface area contributed by atoms with Crippen molar-refractivity contribution < 1.29 is 25.2 Å². The summed E-state index contributed by atoms with van der Waals surface area (Å²) in [6.45, 7) is 1.81. The van der Waals surface area contributed by atoms with E-state index in [1.807, 2.05) is 6.92 Å². The number of hydrogen-bond acceptors (Lipinski definition) is 5. The van der Waals surface area contributed by atoms with Gasteiger partial charge in [0, 0.05) is 6.42 Å². The minimum atomic E-state index is -1.11. The van der Waals surface area contributed by atoms with Gasteiger partial charge in [-0.15, -0.1) is 0 Å². The zero-order valence-corrected chi connectivity index (χ0v) is 8.73. The summed E-state index contributed by atoms with van der Waals surface area (Å²) in [6, 6.07) is 0. The van der Waals surface area contributed by atoms with Crippen LogP contribution in [0.25, 0.3) is 0 Å². The van der Waals surface area contributed by atoms with Gasteiger partial charge in [0.2, 0.25) is 0 Å². The SMILES string of the molecule is CCC(C)=O.OCC(CO)(CO)CO. The third-order valence-electron chi connectivity index (χ3n) is 1.84. The molecule has 0 saturated carbocycles. The lowest BCUT2D eigenvalue weighted by molar-refractivity contribution is -0.116. The van der Waals surface area contributed by atoms with Crippen molar-refractivity contribution in [1.82, 2.24) is 0 Å². The van der Waals surface area contributed by atoms with E-state index in [0.717, 1.165) is 0 Å². The van der Waals surface area contributed by atoms with Crippen molar-refractivity contribution in [2.75, 3.05) is 26.4 Å². The molecule has 0 amide bonds. The highest BCUT2D eigenvalue weighted by molar-refractivity contribution is 5.74. The molecule has 86 valence electrons. The molecule has 0 bridgehead atoms. The average molecular weight is 208 g/mol. The molecule has 0 saturated heterocycles. The zero-order chi connectivity index (χ0) is 11.6. The fraction of sp³-hybridized carbons (Fsp3) is 0.889. The molecule has 0 aromatic heterocycles. The molecule has 0 aliphatic heterocycles. The molecule has 0 heterocycles. The molecule has 0 spiro atoms. The lowest BCUT2D eigenvalue weighted by atomic mass is 9.93. The second-order valence-electron chi connectivity index (χ2n) is 3.19. The maximum Gasteiger partial charge on any atom is 0.129 e. The smallest absolute Gasteiger partial charge is 0.129 e. The Labute approximate surface area is 84.0 Å². The summed E-state index contributed by atoms with van der Waals surface area (Å²) >= 11 is 0. The Kier molecular flexibility index (Phi) is 10.4. The standard InChI is InChI=1S/C5H12O4.C4H8O/c6-1-5(2-7,3-8)4-9;1-3-4(2)5/h6-9H,1-4H2;3H2,1-2H3. The van der Waals surface area contributed by atoms with Crippen LogP contribution in [0.2, 0.25) is 0 Å².